The molecule has 1 aliphatic carbocycles. The van der Waals surface area contributed by atoms with Crippen LogP contribution in [-0.2, 0) is 16.0 Å². The normalized spacial score (nSPS) is 26.1. The maximum atomic E-state index is 14.5. The fourth-order valence-electron chi connectivity index (χ4n) is 5.86. The number of carbonyl (C=O) groups is 3. The predicted octanol–water partition coefficient (Wildman–Crippen LogP) is 4.79. The first-order valence-electron chi connectivity index (χ1n) is 14.0. The summed E-state index contributed by atoms with van der Waals surface area (Å²) in [6.07, 6.45) is 6.96. The van der Waals surface area contributed by atoms with Gasteiger partial charge in [0.15, 0.2) is 5.78 Å². The van der Waals surface area contributed by atoms with Crippen molar-refractivity contribution in [2.75, 3.05) is 13.1 Å². The molecule has 0 spiro atoms. The van der Waals surface area contributed by atoms with Crippen molar-refractivity contribution < 1.29 is 19.1 Å². The zero-order valence-corrected chi connectivity index (χ0v) is 24.9. The number of aromatic nitrogens is 1. The maximum Gasteiger partial charge on any atom is 0.410 e. The average molecular weight is 588 g/mol. The lowest BCUT2D eigenvalue weighted by Gasteiger charge is -2.28. The van der Waals surface area contributed by atoms with E-state index in [9.17, 15) is 14.4 Å². The van der Waals surface area contributed by atoms with Gasteiger partial charge in [-0.3, -0.25) is 19.5 Å². The molecule has 3 unspecified atom stereocenters. The Kier molecular flexibility index (Phi) is 7.86. The van der Waals surface area contributed by atoms with E-state index in [0.29, 0.717) is 47.9 Å². The van der Waals surface area contributed by atoms with Crippen molar-refractivity contribution >= 4 is 29.4 Å². The van der Waals surface area contributed by atoms with E-state index in [4.69, 9.17) is 21.6 Å². The van der Waals surface area contributed by atoms with Gasteiger partial charge in [0.05, 0.1) is 11.6 Å². The van der Waals surface area contributed by atoms with Gasteiger partial charge in [-0.25, -0.2) is 4.79 Å². The highest BCUT2D eigenvalue weighted by Gasteiger charge is 2.65. The van der Waals surface area contributed by atoms with E-state index in [-0.39, 0.29) is 35.7 Å². The molecule has 2 aliphatic heterocycles. The molecule has 9 nitrogen and oxygen atoms in total. The predicted molar refractivity (Wildman–Crippen MR) is 157 cm³/mol. The van der Waals surface area contributed by atoms with Crippen molar-refractivity contribution in [3.63, 3.8) is 0 Å². The van der Waals surface area contributed by atoms with E-state index in [1.165, 1.54) is 6.08 Å². The number of hydrogen-bond donors (Lipinski definition) is 1. The van der Waals surface area contributed by atoms with Gasteiger partial charge in [-0.2, -0.15) is 5.26 Å². The Morgan fingerprint density at radius 2 is 1.81 bits per heavy atom. The summed E-state index contributed by atoms with van der Waals surface area (Å²) in [4.78, 5) is 48.1. The second-order valence-corrected chi connectivity index (χ2v) is 12.8. The van der Waals surface area contributed by atoms with Crippen LogP contribution >= 0.6 is 11.6 Å². The molecule has 1 aromatic heterocycles. The lowest BCUT2D eigenvalue weighted by Crippen LogP contribution is -2.49. The Hall–Kier alpha value is -4.16. The summed E-state index contributed by atoms with van der Waals surface area (Å²) in [5, 5.41) is 13.1. The molecule has 42 heavy (non-hydrogen) atoms. The van der Waals surface area contributed by atoms with E-state index < -0.39 is 11.1 Å². The molecule has 218 valence electrons. The summed E-state index contributed by atoms with van der Waals surface area (Å²) in [6, 6.07) is 12.0. The Labute approximate surface area is 250 Å². The molecule has 5 rings (SSSR count). The number of nitrogens with one attached hydrogen (secondary N) is 1. The van der Waals surface area contributed by atoms with Crippen molar-refractivity contribution in [1.29, 1.82) is 5.26 Å². The van der Waals surface area contributed by atoms with Crippen molar-refractivity contribution in [2.24, 2.45) is 11.8 Å². The molecule has 1 saturated carbocycles. The van der Waals surface area contributed by atoms with Gasteiger partial charge in [0.25, 0.3) is 5.91 Å². The van der Waals surface area contributed by atoms with Crippen LogP contribution in [0.5, 0.6) is 0 Å². The van der Waals surface area contributed by atoms with Crippen LogP contribution in [0, 0.1) is 23.2 Å². The van der Waals surface area contributed by atoms with E-state index in [1.54, 1.807) is 53.4 Å². The number of allylic oxidation sites excluding steroid dienone is 2. The molecule has 3 heterocycles. The number of amides is 2. The van der Waals surface area contributed by atoms with Crippen LogP contribution in [0.25, 0.3) is 0 Å². The van der Waals surface area contributed by atoms with Gasteiger partial charge in [0.1, 0.15) is 17.0 Å². The Morgan fingerprint density at radius 1 is 1.17 bits per heavy atom. The van der Waals surface area contributed by atoms with Gasteiger partial charge in [0.2, 0.25) is 0 Å². The summed E-state index contributed by atoms with van der Waals surface area (Å²) in [5.41, 5.74) is 0.107. The number of halogens is 1. The van der Waals surface area contributed by atoms with Crippen molar-refractivity contribution in [1.82, 2.24) is 20.1 Å². The van der Waals surface area contributed by atoms with Crippen LogP contribution in [-0.4, -0.2) is 62.8 Å². The number of ketones is 1. The monoisotopic (exact) mass is 587 g/mol. The molecule has 2 saturated heterocycles. The van der Waals surface area contributed by atoms with Crippen molar-refractivity contribution in [3.8, 4) is 6.07 Å². The maximum absolute atomic E-state index is 14.5. The van der Waals surface area contributed by atoms with E-state index in [1.807, 2.05) is 39.0 Å². The topological polar surface area (TPSA) is 116 Å². The van der Waals surface area contributed by atoms with E-state index in [2.05, 4.69) is 16.4 Å². The smallest absolute Gasteiger partial charge is 0.410 e. The van der Waals surface area contributed by atoms with Gasteiger partial charge in [0, 0.05) is 66.5 Å². The summed E-state index contributed by atoms with van der Waals surface area (Å²) in [7, 11) is 0. The lowest BCUT2D eigenvalue weighted by molar-refractivity contribution is -0.132. The largest absolute Gasteiger partial charge is 0.444 e. The Balaban J connectivity index is 1.47. The molecular weight excluding hydrogens is 554 g/mol. The number of benzene rings is 1. The molecule has 3 atom stereocenters. The lowest BCUT2D eigenvalue weighted by atomic mass is 9.87. The summed E-state index contributed by atoms with van der Waals surface area (Å²) < 4.78 is 5.56. The van der Waals surface area contributed by atoms with Gasteiger partial charge < -0.3 is 15.0 Å². The number of ether oxygens (including phenoxy) is 1. The van der Waals surface area contributed by atoms with Gasteiger partial charge in [-0.15, -0.1) is 0 Å². The molecule has 1 N–H and O–H groups in total. The second-order valence-electron chi connectivity index (χ2n) is 12.2. The minimum atomic E-state index is -1.07. The number of likely N-dealkylation sites (tertiary alicyclic amines) is 1. The van der Waals surface area contributed by atoms with Crippen LogP contribution in [0.1, 0.15) is 55.6 Å². The Bertz CT molecular complexity index is 1480. The van der Waals surface area contributed by atoms with Gasteiger partial charge in [-0.05, 0) is 76.1 Å². The number of pyridine rings is 1. The molecule has 3 fully saturated rings. The molecule has 0 bridgehead atoms. The number of hydrogen-bond acceptors (Lipinski definition) is 7. The first-order valence-corrected chi connectivity index (χ1v) is 14.4. The molecule has 10 heteroatoms. The van der Waals surface area contributed by atoms with Crippen LogP contribution in [0.4, 0.5) is 4.79 Å². The number of nitrogens with zero attached hydrogens (tertiary/aromatic N) is 4. The summed E-state index contributed by atoms with van der Waals surface area (Å²) in [5.74, 6) is 0.130. The second kappa shape index (κ2) is 11.3. The van der Waals surface area contributed by atoms with E-state index >= 15 is 0 Å². The zero-order valence-electron chi connectivity index (χ0n) is 24.1. The quantitative estimate of drug-likeness (QED) is 0.366. The molecule has 2 aromatic rings. The number of nitriles is 1. The van der Waals surface area contributed by atoms with Crippen LogP contribution in [0.2, 0.25) is 0 Å². The molecular formula is C32H34ClN5O4. The Morgan fingerprint density at radius 3 is 2.38 bits per heavy atom. The highest BCUT2D eigenvalue weighted by Crippen LogP contribution is 2.52. The third kappa shape index (κ3) is 6.04. The summed E-state index contributed by atoms with van der Waals surface area (Å²) >= 11 is 6.23. The molecule has 3 aliphatic rings. The van der Waals surface area contributed by atoms with Gasteiger partial charge >= 0.3 is 6.09 Å². The standard InChI is InChI=1S/C32H34ClN5O4/c1-20(33)9-12-32(16-21-10-13-35-14-11-21)29(40)38(27(36-32)15-26(39)23-7-5-22(17-34)6-8-23)28-24-18-37(19-25(24)28)30(41)42-31(2,3)4/h5-11,13-15,24-25,28,36H,12,16,18-19H2,1-4H3. The number of carbonyl (C=O) groups excluding carboxylic acids is 3. The van der Waals surface area contributed by atoms with Crippen LogP contribution in [0.3, 0.4) is 0 Å². The van der Waals surface area contributed by atoms with E-state index in [0.717, 1.165) is 5.56 Å². The minimum Gasteiger partial charge on any atom is -0.444 e. The third-order valence-electron chi connectivity index (χ3n) is 7.91. The van der Waals surface area contributed by atoms with Crippen LogP contribution in [0.15, 0.2) is 71.8 Å². The highest BCUT2D eigenvalue weighted by atomic mass is 35.5. The minimum absolute atomic E-state index is 0.0683. The molecule has 0 radical (unpaired) electrons. The first kappa shape index (κ1) is 29.3. The average Bonchev–Trinajstić information content (AvgIpc) is 3.28. The summed E-state index contributed by atoms with van der Waals surface area (Å²) in [6.45, 7) is 8.22. The number of rotatable bonds is 7. The zero-order chi connectivity index (χ0) is 30.2. The SMILES string of the molecule is CC(Cl)=CCC1(Cc2ccncc2)NC(=CC(=O)c2ccc(C#N)cc2)N(C2C3CN(C(=O)OC(C)(C)C)CC32)C1=O. The van der Waals surface area contributed by atoms with Crippen molar-refractivity contribution in [2.45, 2.75) is 57.7 Å². The highest BCUT2D eigenvalue weighted by molar-refractivity contribution is 6.29. The van der Waals surface area contributed by atoms with Gasteiger partial charge in [-0.1, -0.05) is 17.7 Å². The first-order chi connectivity index (χ1) is 19.9. The molecule has 1 aromatic carbocycles. The number of fused-ring (bicyclic) bond motifs is 1. The molecule has 2 amide bonds. The number of piperidine rings is 1. The third-order valence-corrected chi connectivity index (χ3v) is 8.06. The van der Waals surface area contributed by atoms with Crippen LogP contribution < -0.4 is 5.32 Å². The fourth-order valence-corrected chi connectivity index (χ4v) is 5.94. The van der Waals surface area contributed by atoms with Crippen molar-refractivity contribution in [3.05, 3.63) is 88.5 Å². The fraction of sp³-hybridized carbons (Fsp3) is 0.406.